The van der Waals surface area contributed by atoms with E-state index in [-0.39, 0.29) is 5.57 Å². The molecule has 0 N–H and O–H groups in total. The molecule has 0 aliphatic carbocycles. The van der Waals surface area contributed by atoms with E-state index in [0.29, 0.717) is 5.69 Å². The van der Waals surface area contributed by atoms with E-state index in [1.54, 1.807) is 30.7 Å². The van der Waals surface area contributed by atoms with Gasteiger partial charge in [-0.15, -0.1) is 0 Å². The molecule has 0 bridgehead atoms. The quantitative estimate of drug-likeness (QED) is 0.678. The Morgan fingerprint density at radius 3 is 2.87 bits per heavy atom. The average Bonchev–Trinajstić information content (AvgIpc) is 2.67. The summed E-state index contributed by atoms with van der Waals surface area (Å²) in [5, 5.41) is 0. The minimum atomic E-state index is -3.60. The second kappa shape index (κ2) is 3.61. The van der Waals surface area contributed by atoms with E-state index < -0.39 is 7.37 Å². The fourth-order valence-electron chi connectivity index (χ4n) is 1.29. The maximum atomic E-state index is 11.4. The molecule has 0 saturated carbocycles. The third-order valence-corrected chi connectivity index (χ3v) is 2.97. The zero-order valence-electron chi connectivity index (χ0n) is 8.07. The van der Waals surface area contributed by atoms with Gasteiger partial charge in [0.1, 0.15) is 0 Å². The van der Waals surface area contributed by atoms with E-state index in [1.807, 2.05) is 0 Å². The molecule has 0 saturated heterocycles. The van der Waals surface area contributed by atoms with Crippen LogP contribution in [-0.2, 0) is 4.57 Å². The highest BCUT2D eigenvalue weighted by Gasteiger charge is 2.12. The predicted octanol–water partition coefficient (Wildman–Crippen LogP) is 0.161. The third kappa shape index (κ3) is 1.98. The number of imidazole rings is 1. The molecule has 0 amide bonds. The number of nitrogens with zero attached hydrogens (tertiary/aromatic N) is 3. The topological polar surface area (TPSA) is 70.8 Å². The van der Waals surface area contributed by atoms with Gasteiger partial charge in [-0.1, -0.05) is 0 Å². The molecule has 2 rings (SSSR count). The lowest BCUT2D eigenvalue weighted by Gasteiger charge is -2.18. The molecule has 2 heterocycles. The van der Waals surface area contributed by atoms with E-state index in [4.69, 9.17) is 0 Å². The van der Waals surface area contributed by atoms with Crippen LogP contribution in [0, 0.1) is 0 Å². The largest absolute Gasteiger partial charge is 0.794 e. The first-order valence-corrected chi connectivity index (χ1v) is 6.39. The van der Waals surface area contributed by atoms with Crippen molar-refractivity contribution in [2.45, 2.75) is 0 Å². The molecule has 0 aromatic carbocycles. The fourth-order valence-corrected chi connectivity index (χ4v) is 2.14. The third-order valence-electron chi connectivity index (χ3n) is 1.91. The molecule has 0 fully saturated rings. The summed E-state index contributed by atoms with van der Waals surface area (Å²) in [4.78, 5) is 19.2. The van der Waals surface area contributed by atoms with Crippen LogP contribution in [0.25, 0.3) is 5.69 Å². The van der Waals surface area contributed by atoms with Gasteiger partial charge >= 0.3 is 0 Å². The summed E-state index contributed by atoms with van der Waals surface area (Å²) in [5.41, 5.74) is 0.735. The van der Waals surface area contributed by atoms with Gasteiger partial charge in [0, 0.05) is 18.6 Å². The molecule has 15 heavy (non-hydrogen) atoms. The van der Waals surface area contributed by atoms with Crippen molar-refractivity contribution in [1.82, 2.24) is 14.5 Å². The minimum absolute atomic E-state index is 0.0514. The lowest BCUT2D eigenvalue weighted by molar-refractivity contribution is -0.170. The number of hydrogen-bond acceptors (Lipinski definition) is 4. The van der Waals surface area contributed by atoms with E-state index in [1.165, 1.54) is 10.8 Å². The van der Waals surface area contributed by atoms with Crippen LogP contribution in [0.1, 0.15) is 0 Å². The van der Waals surface area contributed by atoms with Gasteiger partial charge in [-0.25, -0.2) is 4.98 Å². The van der Waals surface area contributed by atoms with E-state index >= 15 is 0 Å². The maximum absolute atomic E-state index is 11.4. The molecule has 78 valence electrons. The molecule has 0 aliphatic rings. The molecule has 2 aromatic rings. The Labute approximate surface area is 86.9 Å². The van der Waals surface area contributed by atoms with Gasteiger partial charge in [0.2, 0.25) is 0 Å². The monoisotopic (exact) mass is 222 g/mol. The number of rotatable bonds is 2. The van der Waals surface area contributed by atoms with Crippen molar-refractivity contribution in [1.29, 1.82) is 0 Å². The molecular weight excluding hydrogens is 213 g/mol. The number of hydrogen-bond donors (Lipinski definition) is 0. The van der Waals surface area contributed by atoms with E-state index in [9.17, 15) is 9.46 Å². The second-order valence-electron chi connectivity index (χ2n) is 3.15. The smallest absolute Gasteiger partial charge is 0.159 e. The highest BCUT2D eigenvalue weighted by molar-refractivity contribution is 7.63. The highest BCUT2D eigenvalue weighted by atomic mass is 31.2. The minimum Gasteiger partial charge on any atom is -0.794 e. The van der Waals surface area contributed by atoms with Gasteiger partial charge in [-0.05, 0) is 18.8 Å². The molecular formula is C9H9N3O2P-. The Kier molecular flexibility index (Phi) is 2.42. The Hall–Kier alpha value is -1.45. The van der Waals surface area contributed by atoms with Gasteiger partial charge in [-0.2, -0.15) is 0 Å². The fraction of sp³-hybridized carbons (Fsp3) is 0.111. The molecule has 2 aromatic heterocycles. The summed E-state index contributed by atoms with van der Waals surface area (Å²) in [6.07, 6.45) is 6.26. The predicted molar refractivity (Wildman–Crippen MR) is 54.5 cm³/mol. The normalized spacial score (nSPS) is 14.8. The molecule has 0 aliphatic heterocycles. The van der Waals surface area contributed by atoms with Gasteiger partial charge in [-0.3, -0.25) is 9.55 Å². The van der Waals surface area contributed by atoms with Crippen LogP contribution in [-0.4, -0.2) is 21.2 Å². The van der Waals surface area contributed by atoms with Crippen LogP contribution in [0.4, 0.5) is 0 Å². The van der Waals surface area contributed by atoms with Crippen LogP contribution < -0.4 is 10.5 Å². The Morgan fingerprint density at radius 1 is 1.47 bits per heavy atom. The average molecular weight is 222 g/mol. The van der Waals surface area contributed by atoms with Gasteiger partial charge in [0.05, 0.1) is 19.3 Å². The van der Waals surface area contributed by atoms with Crippen LogP contribution in [0.3, 0.4) is 0 Å². The zero-order chi connectivity index (χ0) is 10.9. The summed E-state index contributed by atoms with van der Waals surface area (Å²) in [6.45, 7) is 1.15. The summed E-state index contributed by atoms with van der Waals surface area (Å²) >= 11 is 0. The van der Waals surface area contributed by atoms with Crippen molar-refractivity contribution in [3.8, 4) is 5.69 Å². The van der Waals surface area contributed by atoms with Crippen LogP contribution in [0.5, 0.6) is 0 Å². The highest BCUT2D eigenvalue weighted by Crippen LogP contribution is 2.28. The molecule has 0 spiro atoms. The Morgan fingerprint density at radius 2 is 2.27 bits per heavy atom. The van der Waals surface area contributed by atoms with Gasteiger partial charge < -0.3 is 9.46 Å². The lowest BCUT2D eigenvalue weighted by Crippen LogP contribution is -2.23. The van der Waals surface area contributed by atoms with Crippen molar-refractivity contribution >= 4 is 12.9 Å². The standard InChI is InChI=1S/C9H10N3O2P/c1-15(13,14)9-11-5-6-12(9)8-3-2-4-10-7-8/h2-7H,1H3,(H,13,14)/p-1. The second-order valence-corrected chi connectivity index (χ2v) is 5.25. The maximum Gasteiger partial charge on any atom is 0.159 e. The first-order valence-electron chi connectivity index (χ1n) is 4.32. The van der Waals surface area contributed by atoms with Crippen LogP contribution in [0.2, 0.25) is 0 Å². The van der Waals surface area contributed by atoms with Crippen LogP contribution >= 0.6 is 7.37 Å². The van der Waals surface area contributed by atoms with Crippen molar-refractivity contribution in [3.05, 3.63) is 36.9 Å². The first-order chi connectivity index (χ1) is 7.09. The molecule has 0 radical (unpaired) electrons. The van der Waals surface area contributed by atoms with E-state index in [2.05, 4.69) is 9.97 Å². The van der Waals surface area contributed by atoms with E-state index in [0.717, 1.165) is 6.66 Å². The summed E-state index contributed by atoms with van der Waals surface area (Å²) in [6, 6.07) is 3.51. The SMILES string of the molecule is CP(=O)([O-])c1nccn1-c1cccnc1. The zero-order valence-corrected chi connectivity index (χ0v) is 8.96. The van der Waals surface area contributed by atoms with Crippen molar-refractivity contribution in [3.63, 3.8) is 0 Å². The van der Waals surface area contributed by atoms with Crippen molar-refractivity contribution in [2.24, 2.45) is 0 Å². The first kappa shape index (κ1) is 10.1. The number of pyridine rings is 1. The molecule has 6 heteroatoms. The lowest BCUT2D eigenvalue weighted by atomic mass is 10.4. The van der Waals surface area contributed by atoms with Crippen LogP contribution in [0.15, 0.2) is 36.9 Å². The number of aromatic nitrogens is 3. The van der Waals surface area contributed by atoms with Gasteiger partial charge in [0.15, 0.2) is 5.57 Å². The summed E-state index contributed by atoms with van der Waals surface area (Å²) < 4.78 is 12.9. The van der Waals surface area contributed by atoms with Crippen molar-refractivity contribution in [2.75, 3.05) is 6.66 Å². The summed E-state index contributed by atoms with van der Waals surface area (Å²) in [7, 11) is -3.60. The molecule has 5 nitrogen and oxygen atoms in total. The van der Waals surface area contributed by atoms with Crippen molar-refractivity contribution < 1.29 is 9.46 Å². The molecule has 1 atom stereocenters. The Bertz CT molecular complexity index is 503. The Balaban J connectivity index is 2.56. The molecule has 1 unspecified atom stereocenters. The summed E-state index contributed by atoms with van der Waals surface area (Å²) in [5.74, 6) is 0. The van der Waals surface area contributed by atoms with Gasteiger partial charge in [0.25, 0.3) is 0 Å².